The van der Waals surface area contributed by atoms with Gasteiger partial charge in [-0.05, 0) is 30.9 Å². The average molecular weight is 379 g/mol. The van der Waals surface area contributed by atoms with Gasteiger partial charge in [0.25, 0.3) is 5.91 Å². The molecule has 0 radical (unpaired) electrons. The predicted molar refractivity (Wildman–Crippen MR) is 97.8 cm³/mol. The van der Waals surface area contributed by atoms with E-state index in [-0.39, 0.29) is 18.2 Å². The maximum absolute atomic E-state index is 12.2. The summed E-state index contributed by atoms with van der Waals surface area (Å²) >= 11 is 7.31. The normalized spacial score (nSPS) is 17.4. The summed E-state index contributed by atoms with van der Waals surface area (Å²) in [6.07, 6.45) is 2.13. The van der Waals surface area contributed by atoms with E-state index in [0.717, 1.165) is 31.5 Å². The highest BCUT2D eigenvalue weighted by atomic mass is 35.5. The molecule has 3 rings (SSSR count). The van der Waals surface area contributed by atoms with Gasteiger partial charge in [-0.2, -0.15) is 0 Å². The van der Waals surface area contributed by atoms with E-state index in [1.54, 1.807) is 22.4 Å². The average Bonchev–Trinajstić information content (AvgIpc) is 3.09. The van der Waals surface area contributed by atoms with Crippen LogP contribution < -0.4 is 0 Å². The first-order valence-electron chi connectivity index (χ1n) is 8.19. The third kappa shape index (κ3) is 4.58. The van der Waals surface area contributed by atoms with Crippen molar-refractivity contribution in [3.63, 3.8) is 0 Å². The van der Waals surface area contributed by atoms with Gasteiger partial charge < -0.3 is 9.64 Å². The van der Waals surface area contributed by atoms with E-state index in [1.165, 1.54) is 11.3 Å². The lowest BCUT2D eigenvalue weighted by Gasteiger charge is -2.30. The molecule has 1 fully saturated rings. The molecule has 132 valence electrons. The second-order valence-corrected chi connectivity index (χ2v) is 7.51. The first-order valence-corrected chi connectivity index (χ1v) is 9.45. The number of aromatic nitrogens is 1. The van der Waals surface area contributed by atoms with E-state index >= 15 is 0 Å². The fourth-order valence-corrected chi connectivity index (χ4v) is 3.81. The Morgan fingerprint density at radius 1 is 1.44 bits per heavy atom. The summed E-state index contributed by atoms with van der Waals surface area (Å²) in [5.74, 6) is -0.236. The lowest BCUT2D eigenvalue weighted by atomic mass is 10.0. The fourth-order valence-electron chi connectivity index (χ4n) is 2.83. The molecule has 1 aliphatic rings. The van der Waals surface area contributed by atoms with Crippen LogP contribution in [0, 0.1) is 5.92 Å². The second kappa shape index (κ2) is 7.97. The highest BCUT2D eigenvalue weighted by Crippen LogP contribution is 2.26. The van der Waals surface area contributed by atoms with Crippen molar-refractivity contribution in [3.05, 3.63) is 40.4 Å². The summed E-state index contributed by atoms with van der Waals surface area (Å²) in [7, 11) is 0. The van der Waals surface area contributed by atoms with E-state index in [4.69, 9.17) is 16.3 Å². The molecular formula is C18H19ClN2O3S. The van der Waals surface area contributed by atoms with Crippen LogP contribution in [0.5, 0.6) is 0 Å². The maximum Gasteiger partial charge on any atom is 0.358 e. The number of rotatable bonds is 4. The quantitative estimate of drug-likeness (QED) is 0.757. The highest BCUT2D eigenvalue weighted by molar-refractivity contribution is 7.13. The predicted octanol–water partition coefficient (Wildman–Crippen LogP) is 3.88. The van der Waals surface area contributed by atoms with Crippen molar-refractivity contribution >= 4 is 34.8 Å². The van der Waals surface area contributed by atoms with Crippen LogP contribution in [0.15, 0.2) is 29.6 Å². The molecule has 2 aromatic rings. The molecule has 0 saturated carbocycles. The van der Waals surface area contributed by atoms with Gasteiger partial charge in [-0.1, -0.05) is 30.7 Å². The van der Waals surface area contributed by atoms with Crippen LogP contribution in [0.3, 0.4) is 0 Å². The fraction of sp³-hybridized carbons (Fsp3) is 0.389. The van der Waals surface area contributed by atoms with Gasteiger partial charge in [0, 0.05) is 29.1 Å². The van der Waals surface area contributed by atoms with Crippen molar-refractivity contribution in [2.75, 3.05) is 19.7 Å². The standard InChI is InChI=1S/C18H19ClN2O3S/c1-12-4-3-7-21(9-12)16(22)10-24-18(23)15-11-25-17(20-15)13-5-2-6-14(19)8-13/h2,5-6,8,11-12H,3-4,7,9-10H2,1H3/t12-/m0/s1. The summed E-state index contributed by atoms with van der Waals surface area (Å²) in [6, 6.07) is 7.27. The number of hydrogen-bond acceptors (Lipinski definition) is 5. The van der Waals surface area contributed by atoms with Crippen molar-refractivity contribution in [1.82, 2.24) is 9.88 Å². The van der Waals surface area contributed by atoms with Crippen molar-refractivity contribution < 1.29 is 14.3 Å². The van der Waals surface area contributed by atoms with Crippen LogP contribution in [0.25, 0.3) is 10.6 Å². The van der Waals surface area contributed by atoms with Crippen LogP contribution >= 0.6 is 22.9 Å². The molecule has 0 N–H and O–H groups in total. The molecule has 1 aromatic heterocycles. The molecule has 1 amide bonds. The number of ether oxygens (including phenoxy) is 1. The Bertz CT molecular complexity index is 777. The summed E-state index contributed by atoms with van der Waals surface area (Å²) < 4.78 is 5.14. The zero-order valence-electron chi connectivity index (χ0n) is 13.9. The second-order valence-electron chi connectivity index (χ2n) is 6.21. The minimum absolute atomic E-state index is 0.148. The first-order chi connectivity index (χ1) is 12.0. The Morgan fingerprint density at radius 2 is 2.28 bits per heavy atom. The maximum atomic E-state index is 12.2. The van der Waals surface area contributed by atoms with Crippen LogP contribution in [0.2, 0.25) is 5.02 Å². The number of amides is 1. The number of esters is 1. The molecular weight excluding hydrogens is 360 g/mol. The lowest BCUT2D eigenvalue weighted by molar-refractivity contribution is -0.136. The van der Waals surface area contributed by atoms with Gasteiger partial charge in [0.2, 0.25) is 0 Å². The number of likely N-dealkylation sites (tertiary alicyclic amines) is 1. The van der Waals surface area contributed by atoms with Crippen molar-refractivity contribution in [2.45, 2.75) is 19.8 Å². The van der Waals surface area contributed by atoms with Crippen LogP contribution in [0.4, 0.5) is 0 Å². The highest BCUT2D eigenvalue weighted by Gasteiger charge is 2.22. The Morgan fingerprint density at radius 3 is 3.04 bits per heavy atom. The molecule has 1 aromatic carbocycles. The van der Waals surface area contributed by atoms with Gasteiger partial charge in [-0.25, -0.2) is 9.78 Å². The van der Waals surface area contributed by atoms with Crippen LogP contribution in [-0.4, -0.2) is 41.5 Å². The molecule has 0 bridgehead atoms. The van der Waals surface area contributed by atoms with Gasteiger partial charge >= 0.3 is 5.97 Å². The van der Waals surface area contributed by atoms with E-state index in [1.807, 2.05) is 12.1 Å². The third-order valence-corrected chi connectivity index (χ3v) is 5.25. The number of carbonyl (C=O) groups is 2. The molecule has 0 unspecified atom stereocenters. The SMILES string of the molecule is C[C@H]1CCCN(C(=O)COC(=O)c2csc(-c3cccc(Cl)c3)n2)C1. The molecule has 0 spiro atoms. The van der Waals surface area contributed by atoms with Crippen LogP contribution in [-0.2, 0) is 9.53 Å². The van der Waals surface area contributed by atoms with E-state index in [2.05, 4.69) is 11.9 Å². The number of piperidine rings is 1. The number of thiazole rings is 1. The molecule has 0 aliphatic carbocycles. The Balaban J connectivity index is 1.58. The zero-order valence-corrected chi connectivity index (χ0v) is 15.5. The molecule has 7 heteroatoms. The summed E-state index contributed by atoms with van der Waals surface area (Å²) in [5.41, 5.74) is 1.05. The smallest absolute Gasteiger partial charge is 0.358 e. The third-order valence-electron chi connectivity index (χ3n) is 4.12. The van der Waals surface area contributed by atoms with Gasteiger partial charge in [-0.3, -0.25) is 4.79 Å². The largest absolute Gasteiger partial charge is 0.451 e. The molecule has 1 atom stereocenters. The lowest BCUT2D eigenvalue weighted by Crippen LogP contribution is -2.41. The Hall–Kier alpha value is -1.92. The summed E-state index contributed by atoms with van der Waals surface area (Å²) in [6.45, 7) is 3.34. The minimum atomic E-state index is -0.581. The molecule has 2 heterocycles. The summed E-state index contributed by atoms with van der Waals surface area (Å²) in [4.78, 5) is 30.3. The van der Waals surface area contributed by atoms with E-state index < -0.39 is 5.97 Å². The van der Waals surface area contributed by atoms with Crippen molar-refractivity contribution in [2.24, 2.45) is 5.92 Å². The Kier molecular flexibility index (Phi) is 5.71. The number of hydrogen-bond donors (Lipinski definition) is 0. The number of nitrogens with zero attached hydrogens (tertiary/aromatic N) is 2. The van der Waals surface area contributed by atoms with Gasteiger partial charge in [-0.15, -0.1) is 11.3 Å². The number of halogens is 1. The van der Waals surface area contributed by atoms with Crippen molar-refractivity contribution in [1.29, 1.82) is 0 Å². The van der Waals surface area contributed by atoms with E-state index in [0.29, 0.717) is 15.9 Å². The van der Waals surface area contributed by atoms with Crippen molar-refractivity contribution in [3.8, 4) is 10.6 Å². The number of carbonyl (C=O) groups excluding carboxylic acids is 2. The Labute approximate surface area is 155 Å². The molecule has 1 saturated heterocycles. The monoisotopic (exact) mass is 378 g/mol. The molecule has 25 heavy (non-hydrogen) atoms. The van der Waals surface area contributed by atoms with Crippen LogP contribution in [0.1, 0.15) is 30.3 Å². The van der Waals surface area contributed by atoms with E-state index in [9.17, 15) is 9.59 Å². The summed E-state index contributed by atoms with van der Waals surface area (Å²) in [5, 5.41) is 2.93. The molecule has 5 nitrogen and oxygen atoms in total. The number of benzene rings is 1. The van der Waals surface area contributed by atoms with Gasteiger partial charge in [0.1, 0.15) is 5.01 Å². The van der Waals surface area contributed by atoms with Gasteiger partial charge in [0.15, 0.2) is 12.3 Å². The topological polar surface area (TPSA) is 59.5 Å². The first kappa shape index (κ1) is 17.9. The molecule has 1 aliphatic heterocycles. The minimum Gasteiger partial charge on any atom is -0.451 e. The zero-order chi connectivity index (χ0) is 17.8. The van der Waals surface area contributed by atoms with Gasteiger partial charge in [0.05, 0.1) is 0 Å².